The second-order valence-electron chi connectivity index (χ2n) is 6.39. The van der Waals surface area contributed by atoms with Gasteiger partial charge in [-0.05, 0) is 54.8 Å². The number of rotatable bonds is 2. The van der Waals surface area contributed by atoms with Gasteiger partial charge in [-0.2, -0.15) is 5.10 Å². The SMILES string of the molecule is CC(C)(O)O.CC1CC(CO)OC1c1cc(I)c2c(N)ncnn12. The molecule has 3 atom stereocenters. The summed E-state index contributed by atoms with van der Waals surface area (Å²) in [5.41, 5.74) is 7.69. The molecule has 0 aromatic carbocycles. The number of aliphatic hydroxyl groups excluding tert-OH is 1. The topological polar surface area (TPSA) is 126 Å². The van der Waals surface area contributed by atoms with Gasteiger partial charge in [0.2, 0.25) is 0 Å². The summed E-state index contributed by atoms with van der Waals surface area (Å²) in [4.78, 5) is 4.02. The van der Waals surface area contributed by atoms with Gasteiger partial charge in [-0.3, -0.25) is 0 Å². The highest BCUT2D eigenvalue weighted by atomic mass is 127. The van der Waals surface area contributed by atoms with E-state index < -0.39 is 5.79 Å². The van der Waals surface area contributed by atoms with Gasteiger partial charge in [0.25, 0.3) is 0 Å². The average molecular weight is 450 g/mol. The highest BCUT2D eigenvalue weighted by Crippen LogP contribution is 2.39. The lowest BCUT2D eigenvalue weighted by Gasteiger charge is -2.14. The molecule has 2 aromatic rings. The van der Waals surface area contributed by atoms with Gasteiger partial charge in [-0.15, -0.1) is 0 Å². The zero-order valence-corrected chi connectivity index (χ0v) is 16.0. The lowest BCUT2D eigenvalue weighted by molar-refractivity contribution is -0.127. The van der Waals surface area contributed by atoms with E-state index in [0.717, 1.165) is 21.2 Å². The molecule has 0 amide bonds. The number of hydrogen-bond acceptors (Lipinski definition) is 7. The number of aromatic nitrogens is 3. The first-order valence-corrected chi connectivity index (χ1v) is 8.68. The first-order valence-electron chi connectivity index (χ1n) is 7.60. The average Bonchev–Trinajstić information content (AvgIpc) is 2.98. The third kappa shape index (κ3) is 4.54. The van der Waals surface area contributed by atoms with Crippen molar-refractivity contribution in [2.24, 2.45) is 5.92 Å². The maximum Gasteiger partial charge on any atom is 0.156 e. The fraction of sp³-hybridized carbons (Fsp3) is 0.600. The van der Waals surface area contributed by atoms with Gasteiger partial charge in [-0.1, -0.05) is 6.92 Å². The zero-order valence-electron chi connectivity index (χ0n) is 13.8. The Hall–Kier alpha value is -1.01. The standard InChI is InChI=1S/C12H15IN4O2.C3H8O2/c1-6-2-7(4-18)19-11(6)9-3-8(13)10-12(14)15-5-16-17(9)10;1-3(2,4)5/h3,5-7,11,18H,2,4H2,1H3,(H2,14,15,16);4-5H,1-2H3. The van der Waals surface area contributed by atoms with Crippen LogP contribution in [-0.4, -0.2) is 48.4 Å². The van der Waals surface area contributed by atoms with Gasteiger partial charge in [0.05, 0.1) is 18.4 Å². The van der Waals surface area contributed by atoms with E-state index in [1.807, 2.05) is 6.07 Å². The van der Waals surface area contributed by atoms with Crippen molar-refractivity contribution in [2.75, 3.05) is 12.3 Å². The third-order valence-corrected chi connectivity index (χ3v) is 4.37. The lowest BCUT2D eigenvalue weighted by Crippen LogP contribution is -2.15. The molecular weight excluding hydrogens is 427 g/mol. The van der Waals surface area contributed by atoms with Crippen LogP contribution in [0, 0.1) is 9.49 Å². The fourth-order valence-corrected chi connectivity index (χ4v) is 3.49. The number of anilines is 1. The summed E-state index contributed by atoms with van der Waals surface area (Å²) in [6.45, 7) is 4.77. The molecule has 1 aliphatic rings. The predicted molar refractivity (Wildman–Crippen MR) is 97.1 cm³/mol. The van der Waals surface area contributed by atoms with Crippen molar-refractivity contribution in [2.45, 2.75) is 45.2 Å². The molecule has 0 spiro atoms. The van der Waals surface area contributed by atoms with Crippen LogP contribution in [-0.2, 0) is 4.74 Å². The van der Waals surface area contributed by atoms with E-state index in [2.05, 4.69) is 39.6 Å². The largest absolute Gasteiger partial charge is 0.394 e. The van der Waals surface area contributed by atoms with E-state index in [-0.39, 0.29) is 18.8 Å². The molecule has 9 heteroatoms. The first kappa shape index (κ1) is 19.3. The summed E-state index contributed by atoms with van der Waals surface area (Å²) in [7, 11) is 0. The van der Waals surface area contributed by atoms with Crippen molar-refractivity contribution < 1.29 is 20.1 Å². The maximum absolute atomic E-state index is 9.23. The fourth-order valence-electron chi connectivity index (χ4n) is 2.66. The van der Waals surface area contributed by atoms with Crippen molar-refractivity contribution >= 4 is 33.9 Å². The van der Waals surface area contributed by atoms with Gasteiger partial charge >= 0.3 is 0 Å². The van der Waals surface area contributed by atoms with Crippen LogP contribution in [0.5, 0.6) is 0 Å². The van der Waals surface area contributed by atoms with Gasteiger partial charge in [0.1, 0.15) is 17.9 Å². The van der Waals surface area contributed by atoms with Crippen LogP contribution in [0.15, 0.2) is 12.4 Å². The van der Waals surface area contributed by atoms with Gasteiger partial charge in [0, 0.05) is 3.57 Å². The Labute approximate surface area is 153 Å². The van der Waals surface area contributed by atoms with E-state index in [9.17, 15) is 5.11 Å². The molecule has 24 heavy (non-hydrogen) atoms. The molecule has 1 fully saturated rings. The summed E-state index contributed by atoms with van der Waals surface area (Å²) in [6, 6.07) is 2.03. The number of hydrogen-bond donors (Lipinski definition) is 4. The summed E-state index contributed by atoms with van der Waals surface area (Å²) < 4.78 is 8.70. The molecule has 0 bridgehead atoms. The molecule has 0 radical (unpaired) electrons. The molecule has 1 saturated heterocycles. The molecular formula is C15H23IN4O4. The molecule has 5 N–H and O–H groups in total. The Morgan fingerprint density at radius 1 is 1.46 bits per heavy atom. The molecule has 1 aliphatic heterocycles. The Kier molecular flexibility index (Phi) is 6.02. The highest BCUT2D eigenvalue weighted by molar-refractivity contribution is 14.1. The van der Waals surface area contributed by atoms with Crippen LogP contribution in [0.1, 0.15) is 39.0 Å². The zero-order chi connectivity index (χ0) is 18.1. The quantitative estimate of drug-likeness (QED) is 0.399. The van der Waals surface area contributed by atoms with Crippen molar-refractivity contribution in [1.29, 1.82) is 0 Å². The summed E-state index contributed by atoms with van der Waals surface area (Å²) in [6.07, 6.45) is 2.14. The number of halogens is 1. The molecule has 0 aliphatic carbocycles. The van der Waals surface area contributed by atoms with E-state index in [0.29, 0.717) is 11.7 Å². The van der Waals surface area contributed by atoms with E-state index in [1.54, 1.807) is 4.52 Å². The maximum atomic E-state index is 9.23. The number of fused-ring (bicyclic) bond motifs is 1. The minimum absolute atomic E-state index is 0.0539. The van der Waals surface area contributed by atoms with E-state index >= 15 is 0 Å². The minimum atomic E-state index is -1.50. The van der Waals surface area contributed by atoms with E-state index in [1.165, 1.54) is 20.2 Å². The van der Waals surface area contributed by atoms with Crippen LogP contribution < -0.4 is 5.73 Å². The third-order valence-electron chi connectivity index (χ3n) is 3.55. The van der Waals surface area contributed by atoms with Crippen molar-refractivity contribution in [3.63, 3.8) is 0 Å². The van der Waals surface area contributed by atoms with Gasteiger partial charge in [-0.25, -0.2) is 9.50 Å². The number of ether oxygens (including phenoxy) is 1. The van der Waals surface area contributed by atoms with Crippen LogP contribution in [0.4, 0.5) is 5.82 Å². The second-order valence-corrected chi connectivity index (χ2v) is 7.55. The number of nitrogen functional groups attached to an aromatic ring is 1. The van der Waals surface area contributed by atoms with Crippen LogP contribution >= 0.6 is 22.6 Å². The van der Waals surface area contributed by atoms with Crippen LogP contribution in [0.25, 0.3) is 5.52 Å². The first-order chi connectivity index (χ1) is 11.1. The Balaban J connectivity index is 0.000000368. The number of nitrogens with zero attached hydrogens (tertiary/aromatic N) is 3. The Morgan fingerprint density at radius 3 is 2.62 bits per heavy atom. The monoisotopic (exact) mass is 450 g/mol. The normalized spacial score (nSPS) is 24.0. The highest BCUT2D eigenvalue weighted by Gasteiger charge is 2.35. The number of aliphatic hydroxyl groups is 3. The van der Waals surface area contributed by atoms with Crippen molar-refractivity contribution in [3.05, 3.63) is 21.7 Å². The molecule has 3 heterocycles. The summed E-state index contributed by atoms with van der Waals surface area (Å²) in [5.74, 6) is -0.697. The Bertz CT molecular complexity index is 695. The molecule has 2 aromatic heterocycles. The Morgan fingerprint density at radius 2 is 2.08 bits per heavy atom. The van der Waals surface area contributed by atoms with Gasteiger partial charge < -0.3 is 25.8 Å². The minimum Gasteiger partial charge on any atom is -0.394 e. The van der Waals surface area contributed by atoms with Crippen LogP contribution in [0.3, 0.4) is 0 Å². The molecule has 0 saturated carbocycles. The smallest absolute Gasteiger partial charge is 0.156 e. The van der Waals surface area contributed by atoms with E-state index in [4.69, 9.17) is 20.7 Å². The molecule has 3 unspecified atom stereocenters. The number of nitrogens with two attached hydrogens (primary N) is 1. The molecule has 8 nitrogen and oxygen atoms in total. The molecule has 134 valence electrons. The summed E-state index contributed by atoms with van der Waals surface area (Å²) >= 11 is 2.23. The lowest BCUT2D eigenvalue weighted by atomic mass is 10.00. The molecule has 3 rings (SSSR count). The summed E-state index contributed by atoms with van der Waals surface area (Å²) in [5, 5.41) is 29.7. The van der Waals surface area contributed by atoms with Crippen molar-refractivity contribution in [3.8, 4) is 0 Å². The van der Waals surface area contributed by atoms with Crippen molar-refractivity contribution in [1.82, 2.24) is 14.6 Å². The second kappa shape index (κ2) is 7.48. The van der Waals surface area contributed by atoms with Crippen LogP contribution in [0.2, 0.25) is 0 Å². The van der Waals surface area contributed by atoms with Gasteiger partial charge in [0.15, 0.2) is 11.6 Å². The predicted octanol–water partition coefficient (Wildman–Crippen LogP) is 1.08.